The molecule has 0 fully saturated rings. The summed E-state index contributed by atoms with van der Waals surface area (Å²) < 4.78 is 2.40. The van der Waals surface area contributed by atoms with Crippen LogP contribution in [0.15, 0.2) is 6.20 Å². The number of fused-ring (bicyclic) bond motifs is 1. The van der Waals surface area contributed by atoms with Crippen LogP contribution >= 0.6 is 0 Å². The van der Waals surface area contributed by atoms with Gasteiger partial charge in [-0.15, -0.1) is 0 Å². The standard InChI is InChI=1S/C16H29N3/c1-4-7-15(8-5-2)12-18-9-6-10-19-14(3)17-11-16(19)13-18/h11,15H,4-10,12-13H2,1-3H3. The second-order valence-corrected chi connectivity index (χ2v) is 5.98. The molecule has 0 aromatic carbocycles. The highest BCUT2D eigenvalue weighted by Crippen LogP contribution is 2.19. The van der Waals surface area contributed by atoms with Crippen LogP contribution in [0, 0.1) is 12.8 Å². The number of imidazole rings is 1. The lowest BCUT2D eigenvalue weighted by atomic mass is 9.97. The molecule has 2 heterocycles. The highest BCUT2D eigenvalue weighted by Gasteiger charge is 2.18. The predicted molar refractivity (Wildman–Crippen MR) is 80.2 cm³/mol. The molecule has 1 aromatic heterocycles. The Balaban J connectivity index is 1.97. The van der Waals surface area contributed by atoms with Gasteiger partial charge in [-0.2, -0.15) is 0 Å². The first kappa shape index (κ1) is 14.6. The summed E-state index contributed by atoms with van der Waals surface area (Å²) in [6.45, 7) is 11.5. The third-order valence-corrected chi connectivity index (χ3v) is 4.29. The summed E-state index contributed by atoms with van der Waals surface area (Å²) in [4.78, 5) is 7.11. The summed E-state index contributed by atoms with van der Waals surface area (Å²) in [5.74, 6) is 2.06. The van der Waals surface area contributed by atoms with E-state index in [1.807, 2.05) is 0 Å². The van der Waals surface area contributed by atoms with Crippen molar-refractivity contribution >= 4 is 0 Å². The number of hydrogen-bond acceptors (Lipinski definition) is 2. The van der Waals surface area contributed by atoms with Crippen LogP contribution in [0.25, 0.3) is 0 Å². The number of rotatable bonds is 6. The Morgan fingerprint density at radius 1 is 1.21 bits per heavy atom. The number of nitrogens with zero attached hydrogens (tertiary/aromatic N) is 3. The van der Waals surface area contributed by atoms with Crippen molar-refractivity contribution in [3.8, 4) is 0 Å². The fraction of sp³-hybridized carbons (Fsp3) is 0.812. The molecular weight excluding hydrogens is 234 g/mol. The molecule has 0 bridgehead atoms. The van der Waals surface area contributed by atoms with E-state index < -0.39 is 0 Å². The third-order valence-electron chi connectivity index (χ3n) is 4.29. The maximum Gasteiger partial charge on any atom is 0.105 e. The average molecular weight is 263 g/mol. The first-order chi connectivity index (χ1) is 9.24. The molecule has 0 saturated heterocycles. The Morgan fingerprint density at radius 2 is 1.95 bits per heavy atom. The van der Waals surface area contributed by atoms with Gasteiger partial charge in [0.2, 0.25) is 0 Å². The molecule has 0 N–H and O–H groups in total. The van der Waals surface area contributed by atoms with E-state index in [4.69, 9.17) is 0 Å². The Morgan fingerprint density at radius 3 is 2.63 bits per heavy atom. The lowest BCUT2D eigenvalue weighted by Gasteiger charge is -2.25. The van der Waals surface area contributed by atoms with Crippen molar-refractivity contribution < 1.29 is 0 Å². The maximum absolute atomic E-state index is 4.46. The summed E-state index contributed by atoms with van der Waals surface area (Å²) in [7, 11) is 0. The largest absolute Gasteiger partial charge is 0.331 e. The van der Waals surface area contributed by atoms with Gasteiger partial charge in [-0.3, -0.25) is 4.90 Å². The van der Waals surface area contributed by atoms with Crippen LogP contribution in [0.2, 0.25) is 0 Å². The molecule has 0 amide bonds. The van der Waals surface area contributed by atoms with Crippen molar-refractivity contribution in [3.63, 3.8) is 0 Å². The SMILES string of the molecule is CCCC(CCC)CN1CCCn2c(cnc2C)C1. The summed E-state index contributed by atoms with van der Waals surface area (Å²) in [5, 5.41) is 0. The normalized spacial score (nSPS) is 16.6. The van der Waals surface area contributed by atoms with Gasteiger partial charge in [-0.25, -0.2) is 4.98 Å². The highest BCUT2D eigenvalue weighted by molar-refractivity contribution is 5.05. The maximum atomic E-state index is 4.46. The van der Waals surface area contributed by atoms with Crippen molar-refractivity contribution in [1.29, 1.82) is 0 Å². The van der Waals surface area contributed by atoms with Gasteiger partial charge in [0.1, 0.15) is 5.82 Å². The van der Waals surface area contributed by atoms with Crippen LogP contribution in [0.4, 0.5) is 0 Å². The fourth-order valence-electron chi connectivity index (χ4n) is 3.37. The van der Waals surface area contributed by atoms with E-state index in [2.05, 4.69) is 41.4 Å². The van der Waals surface area contributed by atoms with Gasteiger partial charge in [-0.05, 0) is 32.1 Å². The van der Waals surface area contributed by atoms with Crippen molar-refractivity contribution in [1.82, 2.24) is 14.5 Å². The van der Waals surface area contributed by atoms with E-state index in [9.17, 15) is 0 Å². The Kier molecular flexibility index (Phi) is 5.44. The van der Waals surface area contributed by atoms with E-state index >= 15 is 0 Å². The van der Waals surface area contributed by atoms with Gasteiger partial charge in [0.15, 0.2) is 0 Å². The van der Waals surface area contributed by atoms with Gasteiger partial charge < -0.3 is 4.57 Å². The van der Waals surface area contributed by atoms with E-state index in [0.717, 1.165) is 19.0 Å². The summed E-state index contributed by atoms with van der Waals surface area (Å²) in [5.41, 5.74) is 1.40. The highest BCUT2D eigenvalue weighted by atomic mass is 15.2. The number of aryl methyl sites for hydroxylation is 1. The molecule has 19 heavy (non-hydrogen) atoms. The molecule has 1 aromatic rings. The van der Waals surface area contributed by atoms with Gasteiger partial charge in [0.25, 0.3) is 0 Å². The van der Waals surface area contributed by atoms with Crippen LogP contribution in [-0.2, 0) is 13.1 Å². The minimum Gasteiger partial charge on any atom is -0.331 e. The van der Waals surface area contributed by atoms with Crippen molar-refractivity contribution in [2.75, 3.05) is 13.1 Å². The summed E-state index contributed by atoms with van der Waals surface area (Å²) in [6, 6.07) is 0. The van der Waals surface area contributed by atoms with Crippen LogP contribution in [0.1, 0.15) is 57.5 Å². The van der Waals surface area contributed by atoms with Crippen LogP contribution < -0.4 is 0 Å². The predicted octanol–water partition coefficient (Wildman–Crippen LogP) is 3.61. The molecule has 1 aliphatic heterocycles. The molecule has 0 spiro atoms. The monoisotopic (exact) mass is 263 g/mol. The quantitative estimate of drug-likeness (QED) is 0.781. The second-order valence-electron chi connectivity index (χ2n) is 5.98. The van der Waals surface area contributed by atoms with E-state index in [1.54, 1.807) is 0 Å². The zero-order valence-corrected chi connectivity index (χ0v) is 12.9. The average Bonchev–Trinajstić information content (AvgIpc) is 2.62. The zero-order chi connectivity index (χ0) is 13.7. The number of aromatic nitrogens is 2. The van der Waals surface area contributed by atoms with Gasteiger partial charge in [0, 0.05) is 32.4 Å². The molecule has 3 nitrogen and oxygen atoms in total. The van der Waals surface area contributed by atoms with Crippen LogP contribution in [0.3, 0.4) is 0 Å². The molecule has 3 heteroatoms. The molecule has 1 aliphatic rings. The van der Waals surface area contributed by atoms with Crippen LogP contribution in [-0.4, -0.2) is 27.5 Å². The van der Waals surface area contributed by atoms with E-state index in [0.29, 0.717) is 0 Å². The lowest BCUT2D eigenvalue weighted by Crippen LogP contribution is -2.29. The lowest BCUT2D eigenvalue weighted by molar-refractivity contribution is 0.211. The van der Waals surface area contributed by atoms with Crippen molar-refractivity contribution in [3.05, 3.63) is 17.7 Å². The first-order valence-electron chi connectivity index (χ1n) is 7.98. The topological polar surface area (TPSA) is 21.1 Å². The van der Waals surface area contributed by atoms with Crippen molar-refractivity contribution in [2.24, 2.45) is 5.92 Å². The van der Waals surface area contributed by atoms with Crippen LogP contribution in [0.5, 0.6) is 0 Å². The Hall–Kier alpha value is -0.830. The molecule has 0 radical (unpaired) electrons. The molecule has 0 atom stereocenters. The molecule has 0 unspecified atom stereocenters. The zero-order valence-electron chi connectivity index (χ0n) is 12.9. The van der Waals surface area contributed by atoms with Gasteiger partial charge >= 0.3 is 0 Å². The number of hydrogen-bond donors (Lipinski definition) is 0. The molecule has 0 aliphatic carbocycles. The molecule has 2 rings (SSSR count). The minimum atomic E-state index is 0.880. The van der Waals surface area contributed by atoms with E-state index in [1.165, 1.54) is 56.7 Å². The van der Waals surface area contributed by atoms with E-state index in [-0.39, 0.29) is 0 Å². The smallest absolute Gasteiger partial charge is 0.105 e. The van der Waals surface area contributed by atoms with Crippen molar-refractivity contribution in [2.45, 2.75) is 66.0 Å². The fourth-order valence-corrected chi connectivity index (χ4v) is 3.37. The second kappa shape index (κ2) is 7.09. The first-order valence-corrected chi connectivity index (χ1v) is 7.98. The molecule has 108 valence electrons. The minimum absolute atomic E-state index is 0.880. The van der Waals surface area contributed by atoms with Gasteiger partial charge in [-0.1, -0.05) is 26.7 Å². The summed E-state index contributed by atoms with van der Waals surface area (Å²) in [6.07, 6.45) is 8.72. The Labute approximate surface area is 118 Å². The molecular formula is C16H29N3. The summed E-state index contributed by atoms with van der Waals surface area (Å²) >= 11 is 0. The van der Waals surface area contributed by atoms with Gasteiger partial charge in [0.05, 0.1) is 5.69 Å². The molecule has 0 saturated carbocycles. The third kappa shape index (κ3) is 3.82. The Bertz CT molecular complexity index is 377.